The molecule has 2 aromatic carbocycles. The number of hydrogen-bond acceptors (Lipinski definition) is 4. The Morgan fingerprint density at radius 1 is 1.08 bits per heavy atom. The molecule has 0 saturated heterocycles. The van der Waals surface area contributed by atoms with Gasteiger partial charge in [-0.3, -0.25) is 4.79 Å². The van der Waals surface area contributed by atoms with Crippen molar-refractivity contribution in [3.05, 3.63) is 52.8 Å². The summed E-state index contributed by atoms with van der Waals surface area (Å²) in [5, 5.41) is 0. The summed E-state index contributed by atoms with van der Waals surface area (Å²) in [5.74, 6) is 1.38. The normalized spacial score (nSPS) is 11.7. The molecule has 1 amide bonds. The third-order valence-electron chi connectivity index (χ3n) is 4.20. The number of amides is 1. The SMILES string of the molecule is CCn1c(=NC(=O)CCc2ccccc2)sc2c(OC)ccc(OC)c21. The average Bonchev–Trinajstić information content (AvgIpc) is 3.04. The molecule has 0 unspecified atom stereocenters. The minimum atomic E-state index is -0.124. The molecule has 5 nitrogen and oxygen atoms in total. The van der Waals surface area contributed by atoms with E-state index in [1.54, 1.807) is 14.2 Å². The molecule has 0 radical (unpaired) electrons. The van der Waals surface area contributed by atoms with Gasteiger partial charge in [0, 0.05) is 13.0 Å². The van der Waals surface area contributed by atoms with Gasteiger partial charge in [0.05, 0.1) is 14.2 Å². The second-order valence-electron chi connectivity index (χ2n) is 5.77. The highest BCUT2D eigenvalue weighted by molar-refractivity contribution is 7.16. The number of fused-ring (bicyclic) bond motifs is 1. The Kier molecular flexibility index (Phi) is 5.73. The Morgan fingerprint density at radius 2 is 1.77 bits per heavy atom. The zero-order valence-corrected chi connectivity index (χ0v) is 16.0. The first-order valence-corrected chi connectivity index (χ1v) is 9.35. The standard InChI is InChI=1S/C20H22N2O3S/c1-4-22-18-15(24-2)11-12-16(25-3)19(18)26-20(22)21-17(23)13-10-14-8-6-5-7-9-14/h5-9,11-12H,4,10,13H2,1-3H3. The Labute approximate surface area is 156 Å². The molecule has 6 heteroatoms. The van der Waals surface area contributed by atoms with E-state index >= 15 is 0 Å². The number of nitrogens with zero attached hydrogens (tertiary/aromatic N) is 2. The second kappa shape index (κ2) is 8.19. The molecule has 0 fully saturated rings. The Balaban J connectivity index is 1.98. The summed E-state index contributed by atoms with van der Waals surface area (Å²) in [6, 6.07) is 13.7. The molecule has 0 bridgehead atoms. The predicted octanol–water partition coefficient (Wildman–Crippen LogP) is 3.80. The molecule has 0 atom stereocenters. The van der Waals surface area contributed by atoms with Crippen LogP contribution >= 0.6 is 11.3 Å². The zero-order valence-electron chi connectivity index (χ0n) is 15.2. The first-order chi connectivity index (χ1) is 12.7. The summed E-state index contributed by atoms with van der Waals surface area (Å²) in [4.78, 5) is 17.4. The highest BCUT2D eigenvalue weighted by Gasteiger charge is 2.15. The quantitative estimate of drug-likeness (QED) is 0.663. The number of ether oxygens (including phenoxy) is 2. The molecule has 26 heavy (non-hydrogen) atoms. The number of rotatable bonds is 6. The van der Waals surface area contributed by atoms with E-state index in [0.717, 1.165) is 27.3 Å². The second-order valence-corrected chi connectivity index (χ2v) is 6.75. The number of hydrogen-bond donors (Lipinski definition) is 0. The lowest BCUT2D eigenvalue weighted by Gasteiger charge is -2.08. The molecule has 136 valence electrons. The number of carbonyl (C=O) groups excluding carboxylic acids is 1. The van der Waals surface area contributed by atoms with Gasteiger partial charge in [-0.05, 0) is 31.0 Å². The highest BCUT2D eigenvalue weighted by Crippen LogP contribution is 2.35. The van der Waals surface area contributed by atoms with Gasteiger partial charge in [-0.25, -0.2) is 0 Å². The van der Waals surface area contributed by atoms with Crippen LogP contribution in [-0.4, -0.2) is 24.7 Å². The van der Waals surface area contributed by atoms with Crippen LogP contribution in [0.4, 0.5) is 0 Å². The maximum absolute atomic E-state index is 12.4. The lowest BCUT2D eigenvalue weighted by Crippen LogP contribution is -2.16. The molecule has 0 spiro atoms. The number of aromatic nitrogens is 1. The van der Waals surface area contributed by atoms with Crippen molar-refractivity contribution in [2.75, 3.05) is 14.2 Å². The van der Waals surface area contributed by atoms with Gasteiger partial charge in [0.25, 0.3) is 0 Å². The van der Waals surface area contributed by atoms with Crippen LogP contribution in [0, 0.1) is 0 Å². The van der Waals surface area contributed by atoms with E-state index < -0.39 is 0 Å². The summed E-state index contributed by atoms with van der Waals surface area (Å²) < 4.78 is 13.9. The minimum Gasteiger partial charge on any atom is -0.495 e. The van der Waals surface area contributed by atoms with Crippen LogP contribution in [0.25, 0.3) is 10.2 Å². The molecule has 3 aromatic rings. The maximum atomic E-state index is 12.4. The molecule has 0 saturated carbocycles. The largest absolute Gasteiger partial charge is 0.495 e. The fourth-order valence-electron chi connectivity index (χ4n) is 2.89. The lowest BCUT2D eigenvalue weighted by molar-refractivity contribution is -0.118. The number of thiazole rings is 1. The predicted molar refractivity (Wildman–Crippen MR) is 104 cm³/mol. The Bertz CT molecular complexity index is 974. The van der Waals surface area contributed by atoms with Gasteiger partial charge >= 0.3 is 0 Å². The molecule has 0 aliphatic carbocycles. The van der Waals surface area contributed by atoms with E-state index in [-0.39, 0.29) is 5.91 Å². The van der Waals surface area contributed by atoms with E-state index in [2.05, 4.69) is 4.99 Å². The van der Waals surface area contributed by atoms with Crippen molar-refractivity contribution in [2.45, 2.75) is 26.3 Å². The molecule has 1 aromatic heterocycles. The van der Waals surface area contributed by atoms with Crippen molar-refractivity contribution in [1.29, 1.82) is 0 Å². The monoisotopic (exact) mass is 370 g/mol. The van der Waals surface area contributed by atoms with Crippen molar-refractivity contribution in [1.82, 2.24) is 4.57 Å². The van der Waals surface area contributed by atoms with Crippen LogP contribution in [-0.2, 0) is 17.8 Å². The van der Waals surface area contributed by atoms with E-state index in [1.807, 2.05) is 54.0 Å². The Morgan fingerprint density at radius 3 is 2.42 bits per heavy atom. The summed E-state index contributed by atoms with van der Waals surface area (Å²) >= 11 is 1.45. The zero-order chi connectivity index (χ0) is 18.5. The molecule has 0 aliphatic heterocycles. The number of benzene rings is 2. The van der Waals surface area contributed by atoms with E-state index in [9.17, 15) is 4.79 Å². The van der Waals surface area contributed by atoms with Crippen molar-refractivity contribution < 1.29 is 14.3 Å². The van der Waals surface area contributed by atoms with E-state index in [0.29, 0.717) is 24.2 Å². The molecular formula is C20H22N2O3S. The lowest BCUT2D eigenvalue weighted by atomic mass is 10.1. The summed E-state index contributed by atoms with van der Waals surface area (Å²) in [7, 11) is 3.28. The number of methoxy groups -OCH3 is 2. The van der Waals surface area contributed by atoms with Crippen LogP contribution < -0.4 is 14.3 Å². The number of carbonyl (C=O) groups is 1. The smallest absolute Gasteiger partial charge is 0.248 e. The van der Waals surface area contributed by atoms with E-state index in [4.69, 9.17) is 9.47 Å². The van der Waals surface area contributed by atoms with Crippen molar-refractivity contribution >= 4 is 27.5 Å². The highest BCUT2D eigenvalue weighted by atomic mass is 32.1. The van der Waals surface area contributed by atoms with Crippen LogP contribution in [0.1, 0.15) is 18.9 Å². The van der Waals surface area contributed by atoms with Crippen LogP contribution in [0.5, 0.6) is 11.5 Å². The fourth-order valence-corrected chi connectivity index (χ4v) is 4.11. The van der Waals surface area contributed by atoms with Gasteiger partial charge in [-0.2, -0.15) is 4.99 Å². The Hall–Kier alpha value is -2.60. The van der Waals surface area contributed by atoms with Crippen molar-refractivity contribution in [2.24, 2.45) is 4.99 Å². The van der Waals surface area contributed by atoms with Gasteiger partial charge in [0.1, 0.15) is 21.7 Å². The first kappa shape index (κ1) is 18.2. The summed E-state index contributed by atoms with van der Waals surface area (Å²) in [5.41, 5.74) is 2.05. The van der Waals surface area contributed by atoms with Crippen molar-refractivity contribution in [3.63, 3.8) is 0 Å². The van der Waals surface area contributed by atoms with Gasteiger partial charge in [-0.15, -0.1) is 0 Å². The number of aryl methyl sites for hydroxylation is 2. The van der Waals surface area contributed by atoms with Gasteiger partial charge in [-0.1, -0.05) is 41.7 Å². The first-order valence-electron chi connectivity index (χ1n) is 8.53. The average molecular weight is 370 g/mol. The molecule has 1 heterocycles. The third kappa shape index (κ3) is 3.65. The molecule has 0 N–H and O–H groups in total. The van der Waals surface area contributed by atoms with Gasteiger partial charge in [0.15, 0.2) is 4.80 Å². The topological polar surface area (TPSA) is 52.8 Å². The van der Waals surface area contributed by atoms with Gasteiger partial charge in [0.2, 0.25) is 5.91 Å². The molecule has 0 aliphatic rings. The van der Waals surface area contributed by atoms with Crippen molar-refractivity contribution in [3.8, 4) is 11.5 Å². The van der Waals surface area contributed by atoms with E-state index in [1.165, 1.54) is 11.3 Å². The van der Waals surface area contributed by atoms with Crippen LogP contribution in [0.2, 0.25) is 0 Å². The van der Waals surface area contributed by atoms with Gasteiger partial charge < -0.3 is 14.0 Å². The van der Waals surface area contributed by atoms with Crippen LogP contribution in [0.15, 0.2) is 47.5 Å². The minimum absolute atomic E-state index is 0.124. The molecule has 3 rings (SSSR count). The van der Waals surface area contributed by atoms with Crippen LogP contribution in [0.3, 0.4) is 0 Å². The fraction of sp³-hybridized carbons (Fsp3) is 0.300. The summed E-state index contributed by atoms with van der Waals surface area (Å²) in [6.45, 7) is 2.72. The molecular weight excluding hydrogens is 348 g/mol. The maximum Gasteiger partial charge on any atom is 0.248 e. The summed E-state index contributed by atoms with van der Waals surface area (Å²) in [6.07, 6.45) is 1.07. The third-order valence-corrected chi connectivity index (χ3v) is 5.29.